The zero-order valence-electron chi connectivity index (χ0n) is 13.3. The summed E-state index contributed by atoms with van der Waals surface area (Å²) in [4.78, 5) is 23.1. The molecule has 0 aliphatic carbocycles. The minimum Gasteiger partial charge on any atom is -0.461 e. The lowest BCUT2D eigenvalue weighted by atomic mass is 10.3. The van der Waals surface area contributed by atoms with Crippen LogP contribution in [-0.4, -0.2) is 38.4 Å². The smallest absolute Gasteiger partial charge is 0.233 e. The van der Waals surface area contributed by atoms with E-state index in [2.05, 4.69) is 22.1 Å². The Morgan fingerprint density at radius 1 is 1.54 bits per heavy atom. The van der Waals surface area contributed by atoms with Crippen LogP contribution in [0.5, 0.6) is 0 Å². The van der Waals surface area contributed by atoms with E-state index < -0.39 is 5.91 Å². The Kier molecular flexibility index (Phi) is 6.19. The van der Waals surface area contributed by atoms with Crippen LogP contribution in [0.25, 0.3) is 11.6 Å². The minimum absolute atomic E-state index is 0.135. The fourth-order valence-electron chi connectivity index (χ4n) is 1.92. The van der Waals surface area contributed by atoms with Gasteiger partial charge in [0.25, 0.3) is 0 Å². The van der Waals surface area contributed by atoms with Crippen LogP contribution in [0.3, 0.4) is 0 Å². The number of nitrogens with two attached hydrogens (primary N) is 1. The molecule has 2 aromatic heterocycles. The fourth-order valence-corrected chi connectivity index (χ4v) is 2.82. The first-order valence-electron chi connectivity index (χ1n) is 7.33. The van der Waals surface area contributed by atoms with Gasteiger partial charge in [0.15, 0.2) is 16.7 Å². The first-order valence-corrected chi connectivity index (χ1v) is 8.21. The molecular formula is C15H19N5O3S. The predicted molar refractivity (Wildman–Crippen MR) is 90.1 cm³/mol. The normalized spacial score (nSPS) is 11.9. The van der Waals surface area contributed by atoms with Crippen molar-refractivity contribution in [3.05, 3.63) is 31.1 Å². The first kappa shape index (κ1) is 17.8. The molecule has 0 aromatic carbocycles. The Morgan fingerprint density at radius 2 is 2.33 bits per heavy atom. The highest BCUT2D eigenvalue weighted by molar-refractivity contribution is 8.00. The Hall–Kier alpha value is -2.55. The summed E-state index contributed by atoms with van der Waals surface area (Å²) in [5, 5.41) is 11.1. The van der Waals surface area contributed by atoms with Crippen LogP contribution < -0.4 is 11.1 Å². The molecule has 2 heterocycles. The van der Waals surface area contributed by atoms with E-state index in [4.69, 9.17) is 10.2 Å². The van der Waals surface area contributed by atoms with E-state index in [9.17, 15) is 9.59 Å². The summed E-state index contributed by atoms with van der Waals surface area (Å²) >= 11 is 1.25. The van der Waals surface area contributed by atoms with Crippen molar-refractivity contribution in [3.63, 3.8) is 0 Å². The van der Waals surface area contributed by atoms with Gasteiger partial charge in [-0.25, -0.2) is 0 Å². The molecule has 2 aromatic rings. The molecule has 9 heteroatoms. The molecule has 0 spiro atoms. The average molecular weight is 349 g/mol. The van der Waals surface area contributed by atoms with Crippen LogP contribution in [0.1, 0.15) is 13.3 Å². The molecule has 0 fully saturated rings. The van der Waals surface area contributed by atoms with Crippen LogP contribution in [0.15, 0.2) is 40.6 Å². The Balaban J connectivity index is 2.20. The number of hydrogen-bond donors (Lipinski definition) is 2. The van der Waals surface area contributed by atoms with E-state index in [0.29, 0.717) is 29.8 Å². The van der Waals surface area contributed by atoms with E-state index in [0.717, 1.165) is 0 Å². The summed E-state index contributed by atoms with van der Waals surface area (Å²) < 4.78 is 7.07. The third-order valence-electron chi connectivity index (χ3n) is 3.11. The molecule has 8 nitrogen and oxygen atoms in total. The molecule has 2 rings (SSSR count). The third-order valence-corrected chi connectivity index (χ3v) is 4.19. The molecule has 24 heavy (non-hydrogen) atoms. The van der Waals surface area contributed by atoms with Crippen molar-refractivity contribution in [2.45, 2.75) is 30.3 Å². The van der Waals surface area contributed by atoms with E-state index in [-0.39, 0.29) is 17.6 Å². The van der Waals surface area contributed by atoms with Crippen molar-refractivity contribution in [3.8, 4) is 11.6 Å². The lowest BCUT2D eigenvalue weighted by Gasteiger charge is -2.12. The quantitative estimate of drug-likeness (QED) is 0.519. The van der Waals surface area contributed by atoms with Crippen molar-refractivity contribution < 1.29 is 14.0 Å². The van der Waals surface area contributed by atoms with Crippen molar-refractivity contribution in [1.29, 1.82) is 0 Å². The number of carbonyl (C=O) groups excluding carboxylic acids is 2. The number of nitrogens with zero attached hydrogens (tertiary/aromatic N) is 3. The van der Waals surface area contributed by atoms with Crippen molar-refractivity contribution in [1.82, 2.24) is 20.1 Å². The van der Waals surface area contributed by atoms with Gasteiger partial charge < -0.3 is 15.5 Å². The third kappa shape index (κ3) is 4.48. The Bertz CT molecular complexity index is 711. The number of amides is 2. The zero-order chi connectivity index (χ0) is 17.5. The maximum Gasteiger partial charge on any atom is 0.233 e. The number of nitrogens with one attached hydrogen (secondary N) is 1. The van der Waals surface area contributed by atoms with Gasteiger partial charge in [0.1, 0.15) is 0 Å². The van der Waals surface area contributed by atoms with E-state index in [1.165, 1.54) is 18.0 Å². The highest BCUT2D eigenvalue weighted by Gasteiger charge is 2.21. The van der Waals surface area contributed by atoms with Crippen LogP contribution in [-0.2, 0) is 16.1 Å². The number of rotatable bonds is 9. The molecule has 0 unspecified atom stereocenters. The zero-order valence-corrected chi connectivity index (χ0v) is 14.1. The van der Waals surface area contributed by atoms with Gasteiger partial charge in [-0.1, -0.05) is 17.8 Å². The predicted octanol–water partition coefficient (Wildman–Crippen LogP) is 1.20. The maximum atomic E-state index is 12.0. The number of furan rings is 1. The first-order chi connectivity index (χ1) is 11.5. The van der Waals surface area contributed by atoms with Gasteiger partial charge in [0.2, 0.25) is 11.8 Å². The SMILES string of the molecule is C=CCNC(=O)[C@H](C)Sc1nnc(-c2ccco2)n1CCC(N)=O. The van der Waals surface area contributed by atoms with E-state index >= 15 is 0 Å². The highest BCUT2D eigenvalue weighted by atomic mass is 32.2. The van der Waals surface area contributed by atoms with Crippen molar-refractivity contribution in [2.75, 3.05) is 6.54 Å². The highest BCUT2D eigenvalue weighted by Crippen LogP contribution is 2.27. The fraction of sp³-hybridized carbons (Fsp3) is 0.333. The summed E-state index contributed by atoms with van der Waals surface area (Å²) in [5.41, 5.74) is 5.24. The monoisotopic (exact) mass is 349 g/mol. The number of aromatic nitrogens is 3. The van der Waals surface area contributed by atoms with Gasteiger partial charge in [0, 0.05) is 19.5 Å². The van der Waals surface area contributed by atoms with Crippen molar-refractivity contribution in [2.24, 2.45) is 5.73 Å². The standard InChI is InChI=1S/C15H19N5O3S/c1-3-7-17-14(22)10(2)24-15-19-18-13(11-5-4-9-23-11)20(15)8-6-12(16)21/h3-5,9-10H,1,6-8H2,2H3,(H2,16,21)(H,17,22)/t10-/m0/s1. The Labute approximate surface area is 143 Å². The average Bonchev–Trinajstić information content (AvgIpc) is 3.19. The summed E-state index contributed by atoms with van der Waals surface area (Å²) in [6.45, 7) is 6.03. The summed E-state index contributed by atoms with van der Waals surface area (Å²) in [5.74, 6) is 0.454. The molecule has 0 bridgehead atoms. The number of hydrogen-bond acceptors (Lipinski definition) is 6. The van der Waals surface area contributed by atoms with Crippen LogP contribution in [0, 0.1) is 0 Å². The second-order valence-electron chi connectivity index (χ2n) is 4.95. The number of carbonyl (C=O) groups is 2. The van der Waals surface area contributed by atoms with Gasteiger partial charge in [-0.05, 0) is 19.1 Å². The minimum atomic E-state index is -0.429. The molecule has 3 N–H and O–H groups in total. The number of thioether (sulfide) groups is 1. The topological polar surface area (TPSA) is 116 Å². The van der Waals surface area contributed by atoms with Gasteiger partial charge in [-0.15, -0.1) is 16.8 Å². The van der Waals surface area contributed by atoms with Gasteiger partial charge in [-0.2, -0.15) is 0 Å². The van der Waals surface area contributed by atoms with Crippen LogP contribution in [0.2, 0.25) is 0 Å². The molecule has 0 saturated carbocycles. The Morgan fingerprint density at radius 3 is 2.96 bits per heavy atom. The molecule has 1 atom stereocenters. The number of primary amides is 1. The van der Waals surface area contributed by atoms with E-state index in [1.54, 1.807) is 29.7 Å². The molecule has 0 aliphatic rings. The lowest BCUT2D eigenvalue weighted by molar-refractivity contribution is -0.120. The largest absolute Gasteiger partial charge is 0.461 e. The summed E-state index contributed by atoms with van der Waals surface area (Å²) in [7, 11) is 0. The second-order valence-corrected chi connectivity index (χ2v) is 6.25. The molecule has 0 radical (unpaired) electrons. The van der Waals surface area contributed by atoms with E-state index in [1.807, 2.05) is 0 Å². The lowest BCUT2D eigenvalue weighted by Crippen LogP contribution is -2.31. The van der Waals surface area contributed by atoms with Crippen LogP contribution >= 0.6 is 11.8 Å². The maximum absolute atomic E-state index is 12.0. The molecule has 2 amide bonds. The summed E-state index contributed by atoms with van der Waals surface area (Å²) in [6.07, 6.45) is 3.27. The van der Waals surface area contributed by atoms with Crippen molar-refractivity contribution >= 4 is 23.6 Å². The molecular weight excluding hydrogens is 330 g/mol. The van der Waals surface area contributed by atoms with Gasteiger partial charge >= 0.3 is 0 Å². The van der Waals surface area contributed by atoms with Crippen LogP contribution in [0.4, 0.5) is 0 Å². The molecule has 128 valence electrons. The van der Waals surface area contributed by atoms with Gasteiger partial charge in [-0.3, -0.25) is 14.2 Å². The second kappa shape index (κ2) is 8.34. The molecule has 0 saturated heterocycles. The van der Waals surface area contributed by atoms with Gasteiger partial charge in [0.05, 0.1) is 11.5 Å². The summed E-state index contributed by atoms with van der Waals surface area (Å²) in [6, 6.07) is 3.49. The molecule has 0 aliphatic heterocycles.